The van der Waals surface area contributed by atoms with Crippen LogP contribution in [0.4, 0.5) is 0 Å². The van der Waals surface area contributed by atoms with Gasteiger partial charge < -0.3 is 15.0 Å². The maximum atomic E-state index is 12.9. The van der Waals surface area contributed by atoms with Crippen LogP contribution in [-0.4, -0.2) is 54.2 Å². The molecule has 0 aromatic heterocycles. The summed E-state index contributed by atoms with van der Waals surface area (Å²) in [7, 11) is 0. The molecular weight excluding hydrogens is 352 g/mol. The molecule has 1 heterocycles. The lowest BCUT2D eigenvalue weighted by Crippen LogP contribution is -2.52. The quantitative estimate of drug-likeness (QED) is 0.581. The van der Waals surface area contributed by atoms with Crippen LogP contribution < -0.4 is 5.32 Å². The summed E-state index contributed by atoms with van der Waals surface area (Å²) in [5, 5.41) is 2.75. The molecule has 1 saturated heterocycles. The Morgan fingerprint density at radius 3 is 2.69 bits per heavy atom. The van der Waals surface area contributed by atoms with Crippen molar-refractivity contribution in [3.63, 3.8) is 0 Å². The van der Waals surface area contributed by atoms with Crippen LogP contribution in [0.3, 0.4) is 0 Å². The second-order valence-corrected chi connectivity index (χ2v) is 7.35. The predicted octanol–water partition coefficient (Wildman–Crippen LogP) is 2.09. The summed E-state index contributed by atoms with van der Waals surface area (Å²) in [5.74, 6) is -0.469. The van der Waals surface area contributed by atoms with Crippen molar-refractivity contribution in [2.75, 3.05) is 25.4 Å². The van der Waals surface area contributed by atoms with Gasteiger partial charge >= 0.3 is 5.97 Å². The summed E-state index contributed by atoms with van der Waals surface area (Å²) in [6, 6.07) is 9.14. The van der Waals surface area contributed by atoms with Crippen molar-refractivity contribution in [1.29, 1.82) is 0 Å². The Kier molecular flexibility index (Phi) is 7.97. The van der Waals surface area contributed by atoms with Gasteiger partial charge in [0.25, 0.3) is 0 Å². The lowest BCUT2D eigenvalue weighted by Gasteiger charge is -2.34. The van der Waals surface area contributed by atoms with Crippen molar-refractivity contribution in [2.24, 2.45) is 5.92 Å². The zero-order chi connectivity index (χ0) is 18.9. The third-order valence-electron chi connectivity index (χ3n) is 4.19. The molecule has 2 rings (SSSR count). The summed E-state index contributed by atoms with van der Waals surface area (Å²) in [5.41, 5.74) is 0. The van der Waals surface area contributed by atoms with E-state index in [1.54, 1.807) is 11.8 Å². The molecule has 0 spiro atoms. The Labute approximate surface area is 158 Å². The van der Waals surface area contributed by atoms with Crippen LogP contribution in [0.2, 0.25) is 0 Å². The van der Waals surface area contributed by atoms with Crippen molar-refractivity contribution < 1.29 is 19.1 Å². The Balaban J connectivity index is 2.00. The fourth-order valence-corrected chi connectivity index (χ4v) is 3.90. The number of nitrogens with zero attached hydrogens (tertiary/aromatic N) is 1. The number of hydrogen-bond acceptors (Lipinski definition) is 5. The van der Waals surface area contributed by atoms with E-state index in [2.05, 4.69) is 5.32 Å². The maximum Gasteiger partial charge on any atom is 0.310 e. The highest BCUT2D eigenvalue weighted by Gasteiger charge is 2.32. The first-order valence-electron chi connectivity index (χ1n) is 8.91. The third-order valence-corrected chi connectivity index (χ3v) is 5.29. The van der Waals surface area contributed by atoms with Crippen molar-refractivity contribution in [3.8, 4) is 0 Å². The highest BCUT2D eigenvalue weighted by molar-refractivity contribution is 7.99. The highest BCUT2D eigenvalue weighted by Crippen LogP contribution is 2.22. The van der Waals surface area contributed by atoms with Gasteiger partial charge in [0, 0.05) is 30.7 Å². The molecule has 7 heteroatoms. The standard InChI is InChI=1S/C19H26N2O4S/c1-3-25-19(24)15-8-7-11-21(12-15)18(23)17(20-14(2)22)13-26-16-9-5-4-6-10-16/h4-6,9-10,15,17H,3,7-8,11-13H2,1-2H3,(H,20,22). The van der Waals surface area contributed by atoms with E-state index in [1.165, 1.54) is 18.7 Å². The minimum atomic E-state index is -0.612. The predicted molar refractivity (Wildman–Crippen MR) is 101 cm³/mol. The average molecular weight is 378 g/mol. The number of ether oxygens (including phenoxy) is 1. The van der Waals surface area contributed by atoms with E-state index in [9.17, 15) is 14.4 Å². The first-order valence-corrected chi connectivity index (χ1v) is 9.90. The molecule has 6 nitrogen and oxygen atoms in total. The van der Waals surface area contributed by atoms with E-state index in [0.717, 1.165) is 17.7 Å². The van der Waals surface area contributed by atoms with E-state index < -0.39 is 6.04 Å². The Morgan fingerprint density at radius 1 is 1.31 bits per heavy atom. The van der Waals surface area contributed by atoms with E-state index in [0.29, 0.717) is 25.4 Å². The smallest absolute Gasteiger partial charge is 0.310 e. The Hall–Kier alpha value is -2.02. The molecular formula is C19H26N2O4S. The van der Waals surface area contributed by atoms with Crippen molar-refractivity contribution in [2.45, 2.75) is 37.6 Å². The SMILES string of the molecule is CCOC(=O)C1CCCN(C(=O)C(CSc2ccccc2)NC(C)=O)C1. The summed E-state index contributed by atoms with van der Waals surface area (Å²) in [6.45, 7) is 4.47. The van der Waals surface area contributed by atoms with Gasteiger partial charge in [-0.25, -0.2) is 0 Å². The van der Waals surface area contributed by atoms with Gasteiger partial charge in [0.15, 0.2) is 0 Å². The minimum Gasteiger partial charge on any atom is -0.466 e. The second-order valence-electron chi connectivity index (χ2n) is 6.25. The van der Waals surface area contributed by atoms with Gasteiger partial charge in [0.1, 0.15) is 6.04 Å². The van der Waals surface area contributed by atoms with E-state index in [4.69, 9.17) is 4.74 Å². The normalized spacial score (nSPS) is 18.1. The van der Waals surface area contributed by atoms with Gasteiger partial charge in [-0.05, 0) is 31.9 Å². The van der Waals surface area contributed by atoms with E-state index in [-0.39, 0.29) is 23.7 Å². The molecule has 142 valence electrons. The average Bonchev–Trinajstić information content (AvgIpc) is 2.65. The molecule has 1 aliphatic heterocycles. The molecule has 1 aromatic rings. The number of thioether (sulfide) groups is 1. The van der Waals surface area contributed by atoms with Crippen LogP contribution in [0.5, 0.6) is 0 Å². The van der Waals surface area contributed by atoms with Crippen LogP contribution in [0.15, 0.2) is 35.2 Å². The lowest BCUT2D eigenvalue weighted by molar-refractivity contribution is -0.151. The van der Waals surface area contributed by atoms with Crippen molar-refractivity contribution in [3.05, 3.63) is 30.3 Å². The lowest BCUT2D eigenvalue weighted by atomic mass is 9.97. The van der Waals surface area contributed by atoms with Crippen LogP contribution in [0, 0.1) is 5.92 Å². The molecule has 2 unspecified atom stereocenters. The van der Waals surface area contributed by atoms with Crippen LogP contribution in [0.1, 0.15) is 26.7 Å². The fourth-order valence-electron chi connectivity index (χ4n) is 2.97. The number of amides is 2. The molecule has 1 fully saturated rings. The number of nitrogens with one attached hydrogen (secondary N) is 1. The second kappa shape index (κ2) is 10.2. The molecule has 0 radical (unpaired) electrons. The number of benzene rings is 1. The van der Waals surface area contributed by atoms with Gasteiger partial charge in [0.05, 0.1) is 12.5 Å². The zero-order valence-electron chi connectivity index (χ0n) is 15.3. The molecule has 0 saturated carbocycles. The minimum absolute atomic E-state index is 0.141. The van der Waals surface area contributed by atoms with Crippen molar-refractivity contribution in [1.82, 2.24) is 10.2 Å². The molecule has 1 aromatic carbocycles. The van der Waals surface area contributed by atoms with Gasteiger partial charge in [-0.1, -0.05) is 18.2 Å². The van der Waals surface area contributed by atoms with Crippen LogP contribution in [-0.2, 0) is 19.1 Å². The molecule has 2 amide bonds. The van der Waals surface area contributed by atoms with Gasteiger partial charge in [-0.3, -0.25) is 14.4 Å². The Morgan fingerprint density at radius 2 is 2.04 bits per heavy atom. The van der Waals surface area contributed by atoms with Crippen molar-refractivity contribution >= 4 is 29.5 Å². The van der Waals surface area contributed by atoms with Gasteiger partial charge in [-0.15, -0.1) is 11.8 Å². The largest absolute Gasteiger partial charge is 0.466 e. The van der Waals surface area contributed by atoms with Gasteiger partial charge in [0.2, 0.25) is 11.8 Å². The fraction of sp³-hybridized carbons (Fsp3) is 0.526. The van der Waals surface area contributed by atoms with E-state index in [1.807, 2.05) is 30.3 Å². The monoisotopic (exact) mass is 378 g/mol. The number of esters is 1. The topological polar surface area (TPSA) is 75.7 Å². The zero-order valence-corrected chi connectivity index (χ0v) is 16.1. The molecule has 26 heavy (non-hydrogen) atoms. The summed E-state index contributed by atoms with van der Waals surface area (Å²) >= 11 is 1.52. The maximum absolute atomic E-state index is 12.9. The van der Waals surface area contributed by atoms with Crippen LogP contribution in [0.25, 0.3) is 0 Å². The molecule has 0 aliphatic carbocycles. The number of piperidine rings is 1. The number of carbonyl (C=O) groups is 3. The van der Waals surface area contributed by atoms with Crippen LogP contribution >= 0.6 is 11.8 Å². The molecule has 0 bridgehead atoms. The summed E-state index contributed by atoms with van der Waals surface area (Å²) in [4.78, 5) is 39.2. The number of rotatable bonds is 7. The molecule has 1 N–H and O–H groups in total. The van der Waals surface area contributed by atoms with E-state index >= 15 is 0 Å². The number of hydrogen-bond donors (Lipinski definition) is 1. The Bertz CT molecular complexity index is 623. The first-order chi connectivity index (χ1) is 12.5. The summed E-state index contributed by atoms with van der Waals surface area (Å²) < 4.78 is 5.09. The number of carbonyl (C=O) groups excluding carboxylic acids is 3. The third kappa shape index (κ3) is 6.05. The van der Waals surface area contributed by atoms with Gasteiger partial charge in [-0.2, -0.15) is 0 Å². The first kappa shape index (κ1) is 20.3. The summed E-state index contributed by atoms with van der Waals surface area (Å²) in [6.07, 6.45) is 1.49. The molecule has 2 atom stereocenters. The number of likely N-dealkylation sites (tertiary alicyclic amines) is 1. The highest BCUT2D eigenvalue weighted by atomic mass is 32.2. The molecule has 1 aliphatic rings.